The Balaban J connectivity index is 2.20. The maximum Gasteiger partial charge on any atom is 0.186 e. The highest BCUT2D eigenvalue weighted by atomic mass is 35.5. The van der Waals surface area contributed by atoms with Gasteiger partial charge in [0.2, 0.25) is 0 Å². The maximum absolute atomic E-state index is 6.21. The third-order valence-electron chi connectivity index (χ3n) is 3.30. The number of hydrazone groups is 1. The number of aryl methyl sites for hydroxylation is 1. The van der Waals surface area contributed by atoms with Gasteiger partial charge >= 0.3 is 0 Å². The Hall–Kier alpha value is -1.92. The third kappa shape index (κ3) is 3.84. The molecule has 0 aliphatic heterocycles. The van der Waals surface area contributed by atoms with E-state index in [1.165, 1.54) is 0 Å². The molecule has 0 saturated carbocycles. The summed E-state index contributed by atoms with van der Waals surface area (Å²) in [4.78, 5) is 0. The molecule has 0 atom stereocenters. The van der Waals surface area contributed by atoms with Crippen molar-refractivity contribution in [2.45, 2.75) is 20.4 Å². The van der Waals surface area contributed by atoms with Gasteiger partial charge in [-0.25, -0.2) is 0 Å². The van der Waals surface area contributed by atoms with Gasteiger partial charge in [-0.3, -0.25) is 10.1 Å². The van der Waals surface area contributed by atoms with E-state index in [9.17, 15) is 0 Å². The van der Waals surface area contributed by atoms with Crippen LogP contribution < -0.4 is 10.7 Å². The van der Waals surface area contributed by atoms with E-state index in [0.29, 0.717) is 11.7 Å². The second kappa shape index (κ2) is 7.38. The fourth-order valence-corrected chi connectivity index (χ4v) is 2.30. The molecule has 0 radical (unpaired) electrons. The summed E-state index contributed by atoms with van der Waals surface area (Å²) in [6.45, 7) is 4.59. The van der Waals surface area contributed by atoms with Crippen LogP contribution in [0.3, 0.4) is 0 Å². The molecule has 2 N–H and O–H groups in total. The maximum atomic E-state index is 6.21. The first-order valence-electron chi connectivity index (χ1n) is 6.81. The molecular formula is C15H18ClN5S. The minimum atomic E-state index is 0.468. The van der Waals surface area contributed by atoms with Gasteiger partial charge in [-0.2, -0.15) is 10.2 Å². The zero-order valence-corrected chi connectivity index (χ0v) is 14.3. The number of hydrogen-bond donors (Lipinski definition) is 2. The molecule has 0 bridgehead atoms. The Morgan fingerprint density at radius 2 is 2.14 bits per heavy atom. The summed E-state index contributed by atoms with van der Waals surface area (Å²) >= 11 is 11.2. The standard InChI is InChI=1S/C15H18ClN5S/c1-10-13(8-18-19-15(22)17-3)11(2)21(20-10)9-12-6-4-5-7-14(12)16/h4-8H,9H2,1-3H3,(H2,17,19,22)/b18-8-. The van der Waals surface area contributed by atoms with Crippen LogP contribution in [-0.2, 0) is 6.54 Å². The van der Waals surface area contributed by atoms with E-state index < -0.39 is 0 Å². The Morgan fingerprint density at radius 3 is 2.82 bits per heavy atom. The summed E-state index contributed by atoms with van der Waals surface area (Å²) in [6, 6.07) is 7.77. The SMILES string of the molecule is CNC(=S)N/N=C\c1c(C)nn(Cc2ccccc2Cl)c1C. The molecule has 0 spiro atoms. The molecule has 116 valence electrons. The highest BCUT2D eigenvalue weighted by molar-refractivity contribution is 7.80. The fourth-order valence-electron chi connectivity index (χ4n) is 2.05. The van der Waals surface area contributed by atoms with Gasteiger partial charge in [0.05, 0.1) is 18.5 Å². The van der Waals surface area contributed by atoms with Gasteiger partial charge in [-0.05, 0) is 37.7 Å². The lowest BCUT2D eigenvalue weighted by atomic mass is 10.2. The number of rotatable bonds is 4. The molecule has 5 nitrogen and oxygen atoms in total. The van der Waals surface area contributed by atoms with Crippen molar-refractivity contribution in [2.24, 2.45) is 5.10 Å². The molecule has 1 heterocycles. The van der Waals surface area contributed by atoms with Gasteiger partial charge < -0.3 is 5.32 Å². The zero-order valence-electron chi connectivity index (χ0n) is 12.7. The predicted octanol–water partition coefficient (Wildman–Crippen LogP) is 2.63. The Kier molecular flexibility index (Phi) is 5.51. The first-order chi connectivity index (χ1) is 10.5. The Labute approximate surface area is 140 Å². The molecule has 0 saturated heterocycles. The van der Waals surface area contributed by atoms with Crippen molar-refractivity contribution in [1.29, 1.82) is 0 Å². The average Bonchev–Trinajstić information content (AvgIpc) is 2.76. The van der Waals surface area contributed by atoms with Crippen molar-refractivity contribution in [3.05, 3.63) is 51.8 Å². The quantitative estimate of drug-likeness (QED) is 0.512. The molecule has 0 amide bonds. The summed E-state index contributed by atoms with van der Waals surface area (Å²) in [5.74, 6) is 0. The normalized spacial score (nSPS) is 10.9. The number of aromatic nitrogens is 2. The molecule has 1 aromatic heterocycles. The van der Waals surface area contributed by atoms with Crippen molar-refractivity contribution in [2.75, 3.05) is 7.05 Å². The number of thiocarbonyl (C=S) groups is 1. The van der Waals surface area contributed by atoms with Crippen molar-refractivity contribution >= 4 is 35.1 Å². The molecule has 7 heteroatoms. The predicted molar refractivity (Wildman–Crippen MR) is 94.6 cm³/mol. The van der Waals surface area contributed by atoms with Crippen molar-refractivity contribution < 1.29 is 0 Å². The topological polar surface area (TPSA) is 54.2 Å². The lowest BCUT2D eigenvalue weighted by Crippen LogP contribution is -2.28. The molecule has 0 aliphatic rings. The minimum Gasteiger partial charge on any atom is -0.364 e. The van der Waals surface area contributed by atoms with Crippen LogP contribution >= 0.6 is 23.8 Å². The largest absolute Gasteiger partial charge is 0.364 e. The van der Waals surface area contributed by atoms with Crippen molar-refractivity contribution in [3.63, 3.8) is 0 Å². The molecule has 0 fully saturated rings. The second-order valence-corrected chi connectivity index (χ2v) is 5.60. The molecule has 1 aromatic carbocycles. The fraction of sp³-hybridized carbons (Fsp3) is 0.267. The van der Waals surface area contributed by atoms with Gasteiger partial charge in [-0.15, -0.1) is 0 Å². The van der Waals surface area contributed by atoms with E-state index in [4.69, 9.17) is 23.8 Å². The first kappa shape index (κ1) is 16.5. The van der Waals surface area contributed by atoms with Crippen LogP contribution in [0.2, 0.25) is 5.02 Å². The molecule has 0 unspecified atom stereocenters. The summed E-state index contributed by atoms with van der Waals surface area (Å²) < 4.78 is 1.92. The number of halogens is 1. The molecule has 22 heavy (non-hydrogen) atoms. The summed E-state index contributed by atoms with van der Waals surface area (Å²) in [7, 11) is 1.74. The van der Waals surface area contributed by atoms with Gasteiger partial charge in [0.1, 0.15) is 0 Å². The number of benzene rings is 1. The average molecular weight is 336 g/mol. The summed E-state index contributed by atoms with van der Waals surface area (Å²) in [5, 5.41) is 12.7. The first-order valence-corrected chi connectivity index (χ1v) is 7.59. The van der Waals surface area contributed by atoms with Gasteiger partial charge in [0.25, 0.3) is 0 Å². The minimum absolute atomic E-state index is 0.468. The highest BCUT2D eigenvalue weighted by Crippen LogP contribution is 2.18. The lowest BCUT2D eigenvalue weighted by Gasteiger charge is -2.06. The van der Waals surface area contributed by atoms with Gasteiger partial charge in [0.15, 0.2) is 5.11 Å². The molecule has 2 rings (SSSR count). The summed E-state index contributed by atoms with van der Waals surface area (Å²) in [5.41, 5.74) is 6.67. The van der Waals surface area contributed by atoms with E-state index in [1.807, 2.05) is 42.8 Å². The van der Waals surface area contributed by atoms with Crippen LogP contribution in [0.1, 0.15) is 22.5 Å². The van der Waals surface area contributed by atoms with Crippen LogP contribution in [-0.4, -0.2) is 28.2 Å². The van der Waals surface area contributed by atoms with Crippen LogP contribution in [0.15, 0.2) is 29.4 Å². The van der Waals surface area contributed by atoms with Crippen molar-refractivity contribution in [3.8, 4) is 0 Å². The van der Waals surface area contributed by atoms with E-state index in [2.05, 4.69) is 20.9 Å². The summed E-state index contributed by atoms with van der Waals surface area (Å²) in [6.07, 6.45) is 1.73. The molecule has 2 aromatic rings. The second-order valence-electron chi connectivity index (χ2n) is 4.78. The van der Waals surface area contributed by atoms with Crippen molar-refractivity contribution in [1.82, 2.24) is 20.5 Å². The van der Waals surface area contributed by atoms with E-state index in [1.54, 1.807) is 13.3 Å². The van der Waals surface area contributed by atoms with Crippen LogP contribution in [0, 0.1) is 13.8 Å². The monoisotopic (exact) mass is 335 g/mol. The van der Waals surface area contributed by atoms with E-state index in [-0.39, 0.29) is 0 Å². The van der Waals surface area contributed by atoms with Gasteiger partial charge in [0, 0.05) is 23.3 Å². The van der Waals surface area contributed by atoms with Crippen LogP contribution in [0.25, 0.3) is 0 Å². The number of nitrogens with one attached hydrogen (secondary N) is 2. The van der Waals surface area contributed by atoms with Crippen LogP contribution in [0.4, 0.5) is 0 Å². The Morgan fingerprint density at radius 1 is 1.41 bits per heavy atom. The molecule has 0 aliphatic carbocycles. The smallest absolute Gasteiger partial charge is 0.186 e. The highest BCUT2D eigenvalue weighted by Gasteiger charge is 2.11. The van der Waals surface area contributed by atoms with Gasteiger partial charge in [-0.1, -0.05) is 29.8 Å². The molecular weight excluding hydrogens is 318 g/mol. The van der Waals surface area contributed by atoms with E-state index in [0.717, 1.165) is 27.5 Å². The number of nitrogens with zero attached hydrogens (tertiary/aromatic N) is 3. The zero-order chi connectivity index (χ0) is 16.1. The third-order valence-corrected chi connectivity index (χ3v) is 3.97. The van der Waals surface area contributed by atoms with Crippen LogP contribution in [0.5, 0.6) is 0 Å². The van der Waals surface area contributed by atoms with E-state index >= 15 is 0 Å². The lowest BCUT2D eigenvalue weighted by molar-refractivity contribution is 0.659. The Bertz CT molecular complexity index is 708. The number of hydrogen-bond acceptors (Lipinski definition) is 3.